The highest BCUT2D eigenvalue weighted by Gasteiger charge is 2.20. The van der Waals surface area contributed by atoms with Gasteiger partial charge < -0.3 is 4.74 Å². The zero-order valence-corrected chi connectivity index (χ0v) is 7.45. The molecule has 0 spiro atoms. The molecule has 0 N–H and O–H groups in total. The highest BCUT2D eigenvalue weighted by molar-refractivity contribution is 5.81. The maximum Gasteiger partial charge on any atom is 0.330 e. The first-order valence-corrected chi connectivity index (χ1v) is 4.40. The maximum absolute atomic E-state index is 10.6. The second kappa shape index (κ2) is 4.96. The molecule has 2 nitrogen and oxygen atoms in total. The van der Waals surface area contributed by atoms with Crippen LogP contribution in [0.2, 0.25) is 0 Å². The van der Waals surface area contributed by atoms with Gasteiger partial charge in [-0.25, -0.2) is 4.79 Å². The number of carbonyl (C=O) groups is 1. The maximum atomic E-state index is 10.6. The first-order valence-electron chi connectivity index (χ1n) is 4.40. The number of rotatable bonds is 5. The zero-order valence-electron chi connectivity index (χ0n) is 7.45. The lowest BCUT2D eigenvalue weighted by Gasteiger charge is -1.92. The van der Waals surface area contributed by atoms with Crippen molar-refractivity contribution in [2.75, 3.05) is 7.11 Å². The Morgan fingerprint density at radius 2 is 2.50 bits per heavy atom. The van der Waals surface area contributed by atoms with Crippen LogP contribution in [-0.2, 0) is 9.53 Å². The highest BCUT2D eigenvalue weighted by atomic mass is 16.5. The van der Waals surface area contributed by atoms with Crippen LogP contribution in [0.25, 0.3) is 0 Å². The number of ether oxygens (including phenoxy) is 1. The lowest BCUT2D eigenvalue weighted by molar-refractivity contribution is -0.134. The summed E-state index contributed by atoms with van der Waals surface area (Å²) in [4.78, 5) is 10.6. The fourth-order valence-electron chi connectivity index (χ4n) is 1.08. The monoisotopic (exact) mass is 167 g/mol. The molecule has 0 heterocycles. The Morgan fingerprint density at radius 1 is 1.75 bits per heavy atom. The van der Waals surface area contributed by atoms with Crippen molar-refractivity contribution in [2.45, 2.75) is 25.7 Å². The Hall–Kier alpha value is -0.790. The van der Waals surface area contributed by atoms with Gasteiger partial charge in [0.25, 0.3) is 0 Å². The van der Waals surface area contributed by atoms with Crippen LogP contribution in [0.5, 0.6) is 0 Å². The molecule has 1 aliphatic carbocycles. The summed E-state index contributed by atoms with van der Waals surface area (Å²) >= 11 is 0. The molecule has 1 radical (unpaired) electrons. The van der Waals surface area contributed by atoms with Gasteiger partial charge in [0, 0.05) is 6.08 Å². The van der Waals surface area contributed by atoms with Gasteiger partial charge in [-0.2, -0.15) is 0 Å². The van der Waals surface area contributed by atoms with Crippen LogP contribution in [0.4, 0.5) is 0 Å². The van der Waals surface area contributed by atoms with Gasteiger partial charge in [0.1, 0.15) is 0 Å². The van der Waals surface area contributed by atoms with Crippen molar-refractivity contribution in [1.82, 2.24) is 0 Å². The quantitative estimate of drug-likeness (QED) is 0.356. The Labute approximate surface area is 73.6 Å². The van der Waals surface area contributed by atoms with Crippen molar-refractivity contribution >= 4 is 5.97 Å². The third-order valence-electron chi connectivity index (χ3n) is 1.97. The molecule has 1 saturated carbocycles. The van der Waals surface area contributed by atoms with Gasteiger partial charge in [-0.1, -0.05) is 6.08 Å². The molecular weight excluding hydrogens is 152 g/mol. The number of carbonyl (C=O) groups excluding carboxylic acids is 1. The number of esters is 1. The van der Waals surface area contributed by atoms with Crippen LogP contribution in [0.15, 0.2) is 12.2 Å². The second-order valence-corrected chi connectivity index (χ2v) is 3.09. The molecule has 0 aliphatic heterocycles. The van der Waals surface area contributed by atoms with Gasteiger partial charge in [-0.05, 0) is 38.0 Å². The topological polar surface area (TPSA) is 26.3 Å². The minimum atomic E-state index is -0.256. The molecule has 1 aliphatic rings. The largest absolute Gasteiger partial charge is 0.466 e. The number of hydrogen-bond acceptors (Lipinski definition) is 2. The standard InChI is InChI=1S/C10H15O2/c1-12-10(11)6-4-2-3-5-9-7-8-9/h4,6-7,9H,2-3,5,8H2,1H3. The summed E-state index contributed by atoms with van der Waals surface area (Å²) in [6, 6.07) is 0. The summed E-state index contributed by atoms with van der Waals surface area (Å²) < 4.78 is 4.46. The molecule has 0 saturated heterocycles. The number of unbranched alkanes of at least 4 members (excludes halogenated alkanes) is 1. The highest BCUT2D eigenvalue weighted by Crippen LogP contribution is 2.32. The van der Waals surface area contributed by atoms with Gasteiger partial charge in [-0.15, -0.1) is 0 Å². The van der Waals surface area contributed by atoms with E-state index in [9.17, 15) is 4.79 Å². The minimum absolute atomic E-state index is 0.256. The molecule has 67 valence electrons. The lowest BCUT2D eigenvalue weighted by atomic mass is 10.2. The predicted octanol–water partition coefficient (Wildman–Crippen LogP) is 2.11. The van der Waals surface area contributed by atoms with E-state index in [0.717, 1.165) is 12.3 Å². The molecule has 0 aromatic carbocycles. The van der Waals surface area contributed by atoms with Gasteiger partial charge in [0.05, 0.1) is 7.11 Å². The van der Waals surface area contributed by atoms with Crippen LogP contribution < -0.4 is 0 Å². The Balaban J connectivity index is 1.92. The molecule has 1 rings (SSSR count). The van der Waals surface area contributed by atoms with Crippen LogP contribution in [0.1, 0.15) is 25.7 Å². The van der Waals surface area contributed by atoms with Crippen molar-refractivity contribution in [2.24, 2.45) is 5.92 Å². The average Bonchev–Trinajstić information content (AvgIpc) is 2.87. The molecule has 1 unspecified atom stereocenters. The number of methoxy groups -OCH3 is 1. The SMILES string of the molecule is COC(=O)C=CCCCC1[CH]C1. The van der Waals surface area contributed by atoms with E-state index in [4.69, 9.17) is 0 Å². The first-order chi connectivity index (χ1) is 5.83. The summed E-state index contributed by atoms with van der Waals surface area (Å²) in [5, 5.41) is 0. The average molecular weight is 167 g/mol. The molecular formula is C10H15O2. The van der Waals surface area contributed by atoms with Crippen molar-refractivity contribution in [3.05, 3.63) is 18.6 Å². The fourth-order valence-corrected chi connectivity index (χ4v) is 1.08. The van der Waals surface area contributed by atoms with Crippen LogP contribution in [-0.4, -0.2) is 13.1 Å². The van der Waals surface area contributed by atoms with E-state index in [0.29, 0.717) is 0 Å². The second-order valence-electron chi connectivity index (χ2n) is 3.09. The molecule has 0 amide bonds. The van der Waals surface area contributed by atoms with Crippen LogP contribution in [0.3, 0.4) is 0 Å². The molecule has 2 heteroatoms. The number of allylic oxidation sites excluding steroid dienone is 1. The third kappa shape index (κ3) is 4.16. The molecule has 1 fully saturated rings. The van der Waals surface area contributed by atoms with Crippen LogP contribution in [0, 0.1) is 12.3 Å². The molecule has 0 bridgehead atoms. The van der Waals surface area contributed by atoms with Crippen molar-refractivity contribution in [1.29, 1.82) is 0 Å². The van der Waals surface area contributed by atoms with E-state index in [-0.39, 0.29) is 5.97 Å². The molecule has 1 atom stereocenters. The first kappa shape index (κ1) is 9.30. The Morgan fingerprint density at radius 3 is 3.08 bits per heavy atom. The van der Waals surface area contributed by atoms with Crippen LogP contribution >= 0.6 is 0 Å². The minimum Gasteiger partial charge on any atom is -0.466 e. The lowest BCUT2D eigenvalue weighted by Crippen LogP contribution is -1.93. The van der Waals surface area contributed by atoms with E-state index < -0.39 is 0 Å². The van der Waals surface area contributed by atoms with E-state index in [1.165, 1.54) is 32.4 Å². The molecule has 12 heavy (non-hydrogen) atoms. The van der Waals surface area contributed by atoms with Gasteiger partial charge in [0.2, 0.25) is 0 Å². The van der Waals surface area contributed by atoms with Crippen molar-refractivity contribution in [3.8, 4) is 0 Å². The Kier molecular flexibility index (Phi) is 3.85. The van der Waals surface area contributed by atoms with E-state index in [1.54, 1.807) is 0 Å². The van der Waals surface area contributed by atoms with Crippen molar-refractivity contribution in [3.63, 3.8) is 0 Å². The van der Waals surface area contributed by atoms with E-state index in [2.05, 4.69) is 11.2 Å². The van der Waals surface area contributed by atoms with Gasteiger partial charge >= 0.3 is 5.97 Å². The van der Waals surface area contributed by atoms with E-state index >= 15 is 0 Å². The zero-order chi connectivity index (χ0) is 8.81. The third-order valence-corrected chi connectivity index (χ3v) is 1.97. The van der Waals surface area contributed by atoms with Gasteiger partial charge in [-0.3, -0.25) is 0 Å². The van der Waals surface area contributed by atoms with Crippen molar-refractivity contribution < 1.29 is 9.53 Å². The fraction of sp³-hybridized carbons (Fsp3) is 0.600. The molecule has 0 aromatic rings. The summed E-state index contributed by atoms with van der Waals surface area (Å²) in [6.45, 7) is 0. The molecule has 0 aromatic heterocycles. The van der Waals surface area contributed by atoms with E-state index in [1.807, 2.05) is 6.08 Å². The number of hydrogen-bond donors (Lipinski definition) is 0. The summed E-state index contributed by atoms with van der Waals surface area (Å²) in [5.74, 6) is 0.615. The smallest absolute Gasteiger partial charge is 0.330 e. The predicted molar refractivity (Wildman–Crippen MR) is 47.4 cm³/mol. The summed E-state index contributed by atoms with van der Waals surface area (Å²) in [6.07, 6.45) is 10.4. The summed E-state index contributed by atoms with van der Waals surface area (Å²) in [5.41, 5.74) is 0. The van der Waals surface area contributed by atoms with Gasteiger partial charge in [0.15, 0.2) is 0 Å². The normalized spacial score (nSPS) is 16.8. The summed E-state index contributed by atoms with van der Waals surface area (Å²) in [7, 11) is 1.39. The Bertz CT molecular complexity index is 169.